The predicted molar refractivity (Wildman–Crippen MR) is 39.1 cm³/mol. The summed E-state index contributed by atoms with van der Waals surface area (Å²) in [4.78, 5) is 8.76. The molecule has 0 radical (unpaired) electrons. The average Bonchev–Trinajstić information content (AvgIpc) is 1.68. The fourth-order valence-corrected chi connectivity index (χ4v) is 2.05. The van der Waals surface area contributed by atoms with Gasteiger partial charge in [0.15, 0.2) is 0 Å². The van der Waals surface area contributed by atoms with Crippen molar-refractivity contribution in [1.82, 2.24) is 0 Å². The van der Waals surface area contributed by atoms with E-state index in [2.05, 4.69) is 12.6 Å². The van der Waals surface area contributed by atoms with Gasteiger partial charge in [-0.3, -0.25) is 0 Å². The molecule has 0 aliphatic carbocycles. The third-order valence-electron chi connectivity index (χ3n) is 0.648. The summed E-state index contributed by atoms with van der Waals surface area (Å²) < 4.78 is 4.78. The van der Waals surface area contributed by atoms with Gasteiger partial charge < -0.3 is 8.91 Å². The highest BCUT2D eigenvalue weighted by Crippen LogP contribution is 1.88. The van der Waals surface area contributed by atoms with Gasteiger partial charge in [-0.25, -0.2) is 0 Å². The van der Waals surface area contributed by atoms with Crippen LogP contribution in [0.4, 0.5) is 0 Å². The molecular weight excluding hydrogens is 144 g/mol. The van der Waals surface area contributed by atoms with E-state index in [1.807, 2.05) is 0 Å². The first kappa shape index (κ1) is 7.70. The van der Waals surface area contributed by atoms with Crippen molar-refractivity contribution in [2.45, 2.75) is 6.04 Å². The molecule has 0 heterocycles. The molecule has 0 aromatic carbocycles. The number of hydrogen-bond donors (Lipinski definition) is 2. The van der Waals surface area contributed by atoms with E-state index in [0.717, 1.165) is 11.8 Å². The Hall–Kier alpha value is 0.704. The van der Waals surface area contributed by atoms with Crippen molar-refractivity contribution in [3.05, 3.63) is 0 Å². The number of thiol groups is 1. The van der Waals surface area contributed by atoms with E-state index in [0.29, 0.717) is 10.5 Å². The van der Waals surface area contributed by atoms with Crippen LogP contribution < -0.4 is 0 Å². The SMILES string of the molecule is O[SiH](CCS)O[SiH3]. The zero-order chi connectivity index (χ0) is 5.70. The standard InChI is InChI=1S/C2H10O2SSi2/c3-7(4-6)2-1-5/h3,5,7H,1-2H2,6H3. The fourth-order valence-electron chi connectivity index (χ4n) is 0.228. The van der Waals surface area contributed by atoms with Crippen LogP contribution in [0.1, 0.15) is 0 Å². The lowest BCUT2D eigenvalue weighted by Crippen LogP contribution is -2.15. The zero-order valence-corrected chi connectivity index (χ0v) is 8.34. The summed E-state index contributed by atoms with van der Waals surface area (Å²) in [6, 6.07) is 0.770. The van der Waals surface area contributed by atoms with Crippen molar-refractivity contribution in [3.63, 3.8) is 0 Å². The Morgan fingerprint density at radius 1 is 1.86 bits per heavy atom. The van der Waals surface area contributed by atoms with E-state index in [1.165, 1.54) is 0 Å². The molecule has 0 aliphatic heterocycles. The molecule has 1 unspecified atom stereocenters. The minimum Gasteiger partial charge on any atom is -0.447 e. The quantitative estimate of drug-likeness (QED) is 0.380. The second kappa shape index (κ2) is 4.85. The van der Waals surface area contributed by atoms with Gasteiger partial charge in [0.05, 0.1) is 0 Å². The molecule has 7 heavy (non-hydrogen) atoms. The topological polar surface area (TPSA) is 29.5 Å². The fraction of sp³-hybridized carbons (Fsp3) is 1.00. The van der Waals surface area contributed by atoms with Crippen LogP contribution in [0.3, 0.4) is 0 Å². The Labute approximate surface area is 53.7 Å². The highest BCUT2D eigenvalue weighted by molar-refractivity contribution is 7.80. The first-order valence-electron chi connectivity index (χ1n) is 2.13. The molecule has 0 saturated carbocycles. The number of hydrogen-bond acceptors (Lipinski definition) is 3. The monoisotopic (exact) mass is 154 g/mol. The minimum atomic E-state index is -1.70. The van der Waals surface area contributed by atoms with Gasteiger partial charge in [0.1, 0.15) is 10.5 Å². The normalized spacial score (nSPS) is 14.6. The number of rotatable bonds is 3. The van der Waals surface area contributed by atoms with Crippen molar-refractivity contribution in [1.29, 1.82) is 0 Å². The summed E-state index contributed by atoms with van der Waals surface area (Å²) in [5.41, 5.74) is 0. The van der Waals surface area contributed by atoms with Crippen LogP contribution in [0, 0.1) is 0 Å². The lowest BCUT2D eigenvalue weighted by molar-refractivity contribution is 0.438. The lowest BCUT2D eigenvalue weighted by Gasteiger charge is -2.00. The summed E-state index contributed by atoms with van der Waals surface area (Å²) >= 11 is 3.92. The minimum absolute atomic E-state index is 0.665. The Morgan fingerprint density at radius 2 is 2.43 bits per heavy atom. The zero-order valence-electron chi connectivity index (χ0n) is 4.29. The van der Waals surface area contributed by atoms with Crippen molar-refractivity contribution in [3.8, 4) is 0 Å². The third-order valence-corrected chi connectivity index (χ3v) is 4.35. The second-order valence-electron chi connectivity index (χ2n) is 1.20. The van der Waals surface area contributed by atoms with E-state index in [-0.39, 0.29) is 0 Å². The van der Waals surface area contributed by atoms with Crippen LogP contribution in [0.15, 0.2) is 0 Å². The van der Waals surface area contributed by atoms with Gasteiger partial charge in [-0.1, -0.05) is 0 Å². The van der Waals surface area contributed by atoms with Gasteiger partial charge in [-0.15, -0.1) is 0 Å². The van der Waals surface area contributed by atoms with E-state index in [9.17, 15) is 0 Å². The molecule has 0 aromatic heterocycles. The second-order valence-corrected chi connectivity index (χ2v) is 5.02. The van der Waals surface area contributed by atoms with Gasteiger partial charge in [0.2, 0.25) is 0 Å². The molecular formula is C2H10O2SSi2. The van der Waals surface area contributed by atoms with Crippen LogP contribution >= 0.6 is 12.6 Å². The molecule has 0 spiro atoms. The van der Waals surface area contributed by atoms with Gasteiger partial charge in [0, 0.05) is 0 Å². The third kappa shape index (κ3) is 4.56. The first-order valence-corrected chi connectivity index (χ1v) is 5.38. The molecule has 0 aromatic rings. The molecule has 2 nitrogen and oxygen atoms in total. The molecule has 0 saturated heterocycles. The molecule has 0 aliphatic rings. The van der Waals surface area contributed by atoms with Crippen molar-refractivity contribution in [2.75, 3.05) is 5.75 Å². The summed E-state index contributed by atoms with van der Waals surface area (Å²) in [6.07, 6.45) is 0. The molecule has 0 amide bonds. The lowest BCUT2D eigenvalue weighted by atomic mass is 11.0. The molecule has 0 bridgehead atoms. The van der Waals surface area contributed by atoms with E-state index in [1.54, 1.807) is 0 Å². The van der Waals surface area contributed by atoms with Crippen LogP contribution in [0.25, 0.3) is 0 Å². The van der Waals surface area contributed by atoms with Crippen LogP contribution in [-0.4, -0.2) is 30.3 Å². The maximum absolute atomic E-state index is 8.76. The summed E-state index contributed by atoms with van der Waals surface area (Å²) in [7, 11) is -1.03. The Morgan fingerprint density at radius 3 is 2.57 bits per heavy atom. The van der Waals surface area contributed by atoms with Gasteiger partial charge in [-0.05, 0) is 11.8 Å². The van der Waals surface area contributed by atoms with Crippen molar-refractivity contribution in [2.24, 2.45) is 0 Å². The van der Waals surface area contributed by atoms with Crippen LogP contribution in [0.5, 0.6) is 0 Å². The smallest absolute Gasteiger partial charge is 0.308 e. The van der Waals surface area contributed by atoms with E-state index >= 15 is 0 Å². The molecule has 0 rings (SSSR count). The molecule has 1 N–H and O–H groups in total. The first-order chi connectivity index (χ1) is 3.31. The molecule has 0 fully saturated rings. The Balaban J connectivity index is 2.83. The van der Waals surface area contributed by atoms with E-state index in [4.69, 9.17) is 8.91 Å². The largest absolute Gasteiger partial charge is 0.447 e. The maximum Gasteiger partial charge on any atom is 0.308 e. The van der Waals surface area contributed by atoms with Crippen molar-refractivity contribution < 1.29 is 8.91 Å². The van der Waals surface area contributed by atoms with E-state index < -0.39 is 9.28 Å². The van der Waals surface area contributed by atoms with Gasteiger partial charge in [-0.2, -0.15) is 12.6 Å². The molecule has 44 valence electrons. The summed E-state index contributed by atoms with van der Waals surface area (Å²) in [6.45, 7) is 0. The Kier molecular flexibility index (Phi) is 5.34. The maximum atomic E-state index is 8.76. The predicted octanol–water partition coefficient (Wildman–Crippen LogP) is -1.57. The van der Waals surface area contributed by atoms with Crippen LogP contribution in [-0.2, 0) is 4.12 Å². The molecule has 1 atom stereocenters. The van der Waals surface area contributed by atoms with Gasteiger partial charge in [0.25, 0.3) is 0 Å². The highest BCUT2D eigenvalue weighted by atomic mass is 32.1. The summed E-state index contributed by atoms with van der Waals surface area (Å²) in [5.74, 6) is 0.746. The van der Waals surface area contributed by atoms with Gasteiger partial charge >= 0.3 is 9.28 Å². The Bertz CT molecular complexity index is 44.7. The van der Waals surface area contributed by atoms with Crippen molar-refractivity contribution >= 4 is 32.4 Å². The summed E-state index contributed by atoms with van der Waals surface area (Å²) in [5, 5.41) is 0. The van der Waals surface area contributed by atoms with Crippen LogP contribution in [0.2, 0.25) is 6.04 Å². The molecule has 5 heteroatoms. The highest BCUT2D eigenvalue weighted by Gasteiger charge is 2.00. The average molecular weight is 154 g/mol.